The van der Waals surface area contributed by atoms with Gasteiger partial charge in [-0.05, 0) is 17.7 Å². The van der Waals surface area contributed by atoms with E-state index in [0.717, 1.165) is 5.56 Å². The molecule has 0 aliphatic carbocycles. The minimum atomic E-state index is -0.329. The minimum absolute atomic E-state index is 0.329. The molecule has 0 aromatic heterocycles. The molecule has 0 fully saturated rings. The van der Waals surface area contributed by atoms with Crippen LogP contribution in [-0.4, -0.2) is 14.2 Å². The van der Waals surface area contributed by atoms with E-state index in [0.29, 0.717) is 11.5 Å². The second-order valence-corrected chi connectivity index (χ2v) is 2.88. The van der Waals surface area contributed by atoms with Crippen molar-refractivity contribution in [2.75, 3.05) is 14.2 Å². The number of benzene rings is 1. The molecule has 4 nitrogen and oxygen atoms in total. The molecular weight excluding hydrogens is 192 g/mol. The Bertz CT molecular complexity index is 371. The lowest BCUT2D eigenvalue weighted by Gasteiger charge is -2.13. The average molecular weight is 206 g/mol. The Balaban J connectivity index is 3.08. The van der Waals surface area contributed by atoms with Crippen LogP contribution in [0, 0.1) is 12.3 Å². The summed E-state index contributed by atoms with van der Waals surface area (Å²) in [6.45, 7) is 0. The Labute approximate surface area is 89.3 Å². The van der Waals surface area contributed by atoms with E-state index in [9.17, 15) is 0 Å². The summed E-state index contributed by atoms with van der Waals surface area (Å²) >= 11 is 0. The van der Waals surface area contributed by atoms with Gasteiger partial charge in [0.2, 0.25) is 0 Å². The summed E-state index contributed by atoms with van der Waals surface area (Å²) in [5.41, 5.74) is 3.38. The number of hydrazine groups is 1. The molecule has 4 heteroatoms. The summed E-state index contributed by atoms with van der Waals surface area (Å²) in [6, 6.07) is 5.09. The van der Waals surface area contributed by atoms with E-state index in [1.807, 2.05) is 6.07 Å². The summed E-state index contributed by atoms with van der Waals surface area (Å²) in [5, 5.41) is 0. The number of nitrogens with two attached hydrogens (primary N) is 1. The molecule has 0 amide bonds. The second-order valence-electron chi connectivity index (χ2n) is 2.88. The molecule has 1 atom stereocenters. The number of hydrogen-bond acceptors (Lipinski definition) is 4. The summed E-state index contributed by atoms with van der Waals surface area (Å²) in [6.07, 6.45) is 5.31. The van der Waals surface area contributed by atoms with Gasteiger partial charge in [-0.3, -0.25) is 5.84 Å². The van der Waals surface area contributed by atoms with Gasteiger partial charge in [-0.25, -0.2) is 5.43 Å². The standard InChI is InChI=1S/C11H14N2O2/c1-4-9(13-12)8-5-6-10(14-2)11(7-8)15-3/h1,5-7,9,13H,12H2,2-3H3. The zero-order valence-electron chi connectivity index (χ0n) is 8.78. The Morgan fingerprint density at radius 1 is 1.33 bits per heavy atom. The molecule has 0 bridgehead atoms. The van der Waals surface area contributed by atoms with Crippen molar-refractivity contribution in [3.8, 4) is 23.8 Å². The molecule has 0 saturated heterocycles. The predicted molar refractivity (Wildman–Crippen MR) is 58.4 cm³/mol. The van der Waals surface area contributed by atoms with Crippen molar-refractivity contribution >= 4 is 0 Å². The third-order valence-corrected chi connectivity index (χ3v) is 2.07. The fourth-order valence-corrected chi connectivity index (χ4v) is 1.27. The smallest absolute Gasteiger partial charge is 0.161 e. The molecule has 3 N–H and O–H groups in total. The van der Waals surface area contributed by atoms with E-state index >= 15 is 0 Å². The Hall–Kier alpha value is -1.70. The van der Waals surface area contributed by atoms with Crippen LogP contribution in [0.25, 0.3) is 0 Å². The summed E-state index contributed by atoms with van der Waals surface area (Å²) in [4.78, 5) is 0. The third kappa shape index (κ3) is 2.40. The maximum atomic E-state index is 5.31. The molecule has 1 aromatic carbocycles. The molecule has 0 aliphatic rings. The lowest BCUT2D eigenvalue weighted by Crippen LogP contribution is -2.26. The van der Waals surface area contributed by atoms with Gasteiger partial charge in [0.25, 0.3) is 0 Å². The summed E-state index contributed by atoms with van der Waals surface area (Å²) in [7, 11) is 3.15. The van der Waals surface area contributed by atoms with Crippen LogP contribution in [0.3, 0.4) is 0 Å². The quantitative estimate of drug-likeness (QED) is 0.435. The molecule has 1 aromatic rings. The van der Waals surface area contributed by atoms with Crippen molar-refractivity contribution < 1.29 is 9.47 Å². The third-order valence-electron chi connectivity index (χ3n) is 2.07. The first-order valence-corrected chi connectivity index (χ1v) is 4.41. The Kier molecular flexibility index (Phi) is 3.98. The van der Waals surface area contributed by atoms with Crippen LogP contribution in [0.4, 0.5) is 0 Å². The lowest BCUT2D eigenvalue weighted by molar-refractivity contribution is 0.354. The number of nitrogens with one attached hydrogen (secondary N) is 1. The molecule has 0 heterocycles. The first-order valence-electron chi connectivity index (χ1n) is 4.41. The zero-order valence-corrected chi connectivity index (χ0v) is 8.78. The molecule has 0 radical (unpaired) electrons. The first kappa shape index (κ1) is 11.4. The van der Waals surface area contributed by atoms with Crippen molar-refractivity contribution in [3.05, 3.63) is 23.8 Å². The van der Waals surface area contributed by atoms with Gasteiger partial charge in [-0.2, -0.15) is 0 Å². The normalized spacial score (nSPS) is 11.6. The first-order chi connectivity index (χ1) is 7.26. The molecule has 0 spiro atoms. The highest BCUT2D eigenvalue weighted by atomic mass is 16.5. The zero-order chi connectivity index (χ0) is 11.3. The fourth-order valence-electron chi connectivity index (χ4n) is 1.27. The van der Waals surface area contributed by atoms with Crippen LogP contribution in [0.2, 0.25) is 0 Å². The molecule has 0 saturated carbocycles. The van der Waals surface area contributed by atoms with Crippen molar-refractivity contribution in [3.63, 3.8) is 0 Å². The van der Waals surface area contributed by atoms with Crippen LogP contribution in [0.15, 0.2) is 18.2 Å². The number of rotatable bonds is 4. The summed E-state index contributed by atoms with van der Waals surface area (Å²) in [5.74, 6) is 9.13. The Morgan fingerprint density at radius 2 is 2.00 bits per heavy atom. The van der Waals surface area contributed by atoms with Gasteiger partial charge in [-0.15, -0.1) is 6.42 Å². The largest absolute Gasteiger partial charge is 0.493 e. The molecule has 0 aliphatic heterocycles. The van der Waals surface area contributed by atoms with Gasteiger partial charge < -0.3 is 9.47 Å². The van der Waals surface area contributed by atoms with Gasteiger partial charge in [0.15, 0.2) is 11.5 Å². The van der Waals surface area contributed by atoms with Crippen LogP contribution >= 0.6 is 0 Å². The van der Waals surface area contributed by atoms with Gasteiger partial charge in [-0.1, -0.05) is 12.0 Å². The summed E-state index contributed by atoms with van der Waals surface area (Å²) < 4.78 is 10.3. The number of terminal acetylenes is 1. The highest BCUT2D eigenvalue weighted by Gasteiger charge is 2.10. The van der Waals surface area contributed by atoms with Crippen molar-refractivity contribution in [1.29, 1.82) is 0 Å². The van der Waals surface area contributed by atoms with Gasteiger partial charge in [0.1, 0.15) is 6.04 Å². The second kappa shape index (κ2) is 5.25. The molecular formula is C11H14N2O2. The van der Waals surface area contributed by atoms with Gasteiger partial charge >= 0.3 is 0 Å². The van der Waals surface area contributed by atoms with Crippen molar-refractivity contribution in [2.45, 2.75) is 6.04 Å². The fraction of sp³-hybridized carbons (Fsp3) is 0.273. The van der Waals surface area contributed by atoms with Gasteiger partial charge in [0, 0.05) is 0 Å². The van der Waals surface area contributed by atoms with Gasteiger partial charge in [0.05, 0.1) is 14.2 Å². The number of ether oxygens (including phenoxy) is 2. The van der Waals surface area contributed by atoms with Crippen molar-refractivity contribution in [1.82, 2.24) is 5.43 Å². The number of hydrogen-bond donors (Lipinski definition) is 2. The van der Waals surface area contributed by atoms with Crippen LogP contribution in [0.1, 0.15) is 11.6 Å². The van der Waals surface area contributed by atoms with E-state index < -0.39 is 0 Å². The topological polar surface area (TPSA) is 56.5 Å². The lowest BCUT2D eigenvalue weighted by atomic mass is 10.1. The Morgan fingerprint density at radius 3 is 2.47 bits per heavy atom. The minimum Gasteiger partial charge on any atom is -0.493 e. The van der Waals surface area contributed by atoms with E-state index in [-0.39, 0.29) is 6.04 Å². The van der Waals surface area contributed by atoms with E-state index in [2.05, 4.69) is 11.3 Å². The molecule has 80 valence electrons. The van der Waals surface area contributed by atoms with Crippen LogP contribution in [-0.2, 0) is 0 Å². The van der Waals surface area contributed by atoms with Crippen LogP contribution < -0.4 is 20.7 Å². The van der Waals surface area contributed by atoms with E-state index in [1.165, 1.54) is 0 Å². The number of methoxy groups -OCH3 is 2. The molecule has 1 unspecified atom stereocenters. The highest BCUT2D eigenvalue weighted by Crippen LogP contribution is 2.29. The maximum absolute atomic E-state index is 5.31. The molecule has 15 heavy (non-hydrogen) atoms. The SMILES string of the molecule is C#CC(NN)c1ccc(OC)c(OC)c1. The van der Waals surface area contributed by atoms with Crippen LogP contribution in [0.5, 0.6) is 11.5 Å². The predicted octanol–water partition coefficient (Wildman–Crippen LogP) is 0.841. The monoisotopic (exact) mass is 206 g/mol. The maximum Gasteiger partial charge on any atom is 0.161 e. The van der Waals surface area contributed by atoms with E-state index in [4.69, 9.17) is 21.7 Å². The van der Waals surface area contributed by atoms with Crippen molar-refractivity contribution in [2.24, 2.45) is 5.84 Å². The highest BCUT2D eigenvalue weighted by molar-refractivity contribution is 5.44. The average Bonchev–Trinajstić information content (AvgIpc) is 2.30. The van der Waals surface area contributed by atoms with E-state index in [1.54, 1.807) is 26.4 Å². The molecule has 1 rings (SSSR count).